The molecule has 0 spiro atoms. The smallest absolute Gasteiger partial charge is 0.338 e. The van der Waals surface area contributed by atoms with Crippen molar-refractivity contribution in [3.63, 3.8) is 0 Å². The lowest BCUT2D eigenvalue weighted by Crippen LogP contribution is -2.42. The first-order valence-corrected chi connectivity index (χ1v) is 13.3. The molecule has 204 valence electrons. The number of carbonyl (C=O) groups excluding carboxylic acids is 2. The van der Waals surface area contributed by atoms with Crippen molar-refractivity contribution in [1.29, 1.82) is 0 Å². The number of halogens is 4. The number of nitrogens with zero attached hydrogens (tertiary/aromatic N) is 1. The minimum absolute atomic E-state index is 0.0424. The van der Waals surface area contributed by atoms with Gasteiger partial charge in [-0.15, -0.1) is 11.3 Å². The Morgan fingerprint density at radius 2 is 1.72 bits per heavy atom. The average Bonchev–Trinajstić information content (AvgIpc) is 3.17. The molecule has 7 nitrogen and oxygen atoms in total. The van der Waals surface area contributed by atoms with Gasteiger partial charge in [-0.1, -0.05) is 35.3 Å². The van der Waals surface area contributed by atoms with Crippen LogP contribution in [0.2, 0.25) is 10.0 Å². The Balaban J connectivity index is 2.20. The van der Waals surface area contributed by atoms with Crippen LogP contribution in [0.3, 0.4) is 0 Å². The summed E-state index contributed by atoms with van der Waals surface area (Å²) < 4.78 is 41.3. The molecule has 39 heavy (non-hydrogen) atoms. The molecule has 0 aliphatic carbocycles. The van der Waals surface area contributed by atoms with Gasteiger partial charge in [0.15, 0.2) is 0 Å². The normalized spacial score (nSPS) is 15.5. The number of rotatable bonds is 6. The maximum atomic E-state index is 15.3. The predicted molar refractivity (Wildman–Crippen MR) is 146 cm³/mol. The SMILES string of the molecule is CCOC(=O)C1=C(N)n2c(s/c(=C\c3c(F)cccc3Cl)c2=O)=C(C(=O)OC(C)C)[C@@H]1c1c(F)cccc1Cl. The monoisotopic (exact) mass is 594 g/mol. The van der Waals surface area contributed by atoms with Crippen molar-refractivity contribution in [2.45, 2.75) is 32.8 Å². The molecule has 0 amide bonds. The third-order valence-electron chi connectivity index (χ3n) is 5.77. The molecule has 0 fully saturated rings. The van der Waals surface area contributed by atoms with Crippen molar-refractivity contribution in [3.05, 3.63) is 94.3 Å². The van der Waals surface area contributed by atoms with Gasteiger partial charge in [-0.3, -0.25) is 9.36 Å². The van der Waals surface area contributed by atoms with E-state index in [0.29, 0.717) is 0 Å². The summed E-state index contributed by atoms with van der Waals surface area (Å²) in [5.41, 5.74) is 4.70. The van der Waals surface area contributed by atoms with E-state index in [0.717, 1.165) is 22.0 Å². The van der Waals surface area contributed by atoms with Gasteiger partial charge in [-0.25, -0.2) is 18.4 Å². The van der Waals surface area contributed by atoms with E-state index in [1.807, 2.05) is 0 Å². The standard InChI is InChI=1S/C27H22Cl2F2N2O5S/c1-4-37-26(35)21-20(19-15(29)8-6-10-17(19)31)22(27(36)38-12(2)3)25-33(23(21)32)24(34)18(39-25)11-13-14(28)7-5-9-16(13)30/h5-12,20H,4,32H2,1-3H3/b18-11-/t20-/m1/s1. The number of hydrogen-bond donors (Lipinski definition) is 1. The number of esters is 2. The molecular formula is C27H22Cl2F2N2O5S. The van der Waals surface area contributed by atoms with Gasteiger partial charge in [0.1, 0.15) is 22.1 Å². The first-order chi connectivity index (χ1) is 18.5. The maximum Gasteiger partial charge on any atom is 0.338 e. The van der Waals surface area contributed by atoms with E-state index in [9.17, 15) is 18.8 Å². The fourth-order valence-electron chi connectivity index (χ4n) is 4.19. The second kappa shape index (κ2) is 11.3. The van der Waals surface area contributed by atoms with Crippen molar-refractivity contribution < 1.29 is 27.8 Å². The van der Waals surface area contributed by atoms with Crippen LogP contribution in [0, 0.1) is 11.6 Å². The lowest BCUT2D eigenvalue weighted by atomic mass is 9.82. The number of hydrogen-bond acceptors (Lipinski definition) is 7. The predicted octanol–water partition coefficient (Wildman–Crippen LogP) is 3.91. The van der Waals surface area contributed by atoms with Gasteiger partial charge >= 0.3 is 11.9 Å². The molecule has 1 aliphatic rings. The summed E-state index contributed by atoms with van der Waals surface area (Å²) in [5.74, 6) is -5.31. The highest BCUT2D eigenvalue weighted by Gasteiger charge is 2.42. The number of fused-ring (bicyclic) bond motifs is 1. The number of thiazole rings is 1. The topological polar surface area (TPSA) is 101 Å². The van der Waals surface area contributed by atoms with Crippen molar-refractivity contribution in [3.8, 4) is 0 Å². The molecule has 1 aromatic heterocycles. The summed E-state index contributed by atoms with van der Waals surface area (Å²) >= 11 is 13.3. The van der Waals surface area contributed by atoms with E-state index < -0.39 is 47.0 Å². The highest BCUT2D eigenvalue weighted by Crippen LogP contribution is 2.42. The van der Waals surface area contributed by atoms with Crippen LogP contribution in [-0.4, -0.2) is 29.2 Å². The van der Waals surface area contributed by atoms with Crippen LogP contribution in [0.15, 0.2) is 46.8 Å². The quantitative estimate of drug-likeness (QED) is 0.434. The van der Waals surface area contributed by atoms with Gasteiger partial charge in [0, 0.05) is 16.1 Å². The molecule has 4 rings (SSSR count). The fourth-order valence-corrected chi connectivity index (χ4v) is 5.82. The van der Waals surface area contributed by atoms with Crippen molar-refractivity contribution in [2.75, 3.05) is 6.61 Å². The Morgan fingerprint density at radius 3 is 2.31 bits per heavy atom. The second-order valence-corrected chi connectivity index (χ2v) is 10.5. The van der Waals surface area contributed by atoms with E-state index in [1.165, 1.54) is 36.4 Å². The van der Waals surface area contributed by atoms with Crippen LogP contribution < -0.4 is 20.5 Å². The number of benzene rings is 2. The summed E-state index contributed by atoms with van der Waals surface area (Å²) in [6, 6.07) is 7.89. The Morgan fingerprint density at radius 1 is 1.08 bits per heavy atom. The molecule has 1 atom stereocenters. The minimum Gasteiger partial charge on any atom is -0.463 e. The van der Waals surface area contributed by atoms with Crippen molar-refractivity contribution in [1.82, 2.24) is 4.57 Å². The summed E-state index contributed by atoms with van der Waals surface area (Å²) in [6.45, 7) is 4.68. The largest absolute Gasteiger partial charge is 0.463 e. The highest BCUT2D eigenvalue weighted by molar-refractivity contribution is 7.07. The van der Waals surface area contributed by atoms with Crippen LogP contribution in [-0.2, 0) is 19.1 Å². The van der Waals surface area contributed by atoms with E-state index in [2.05, 4.69) is 0 Å². The van der Waals surface area contributed by atoms with Gasteiger partial charge in [-0.05, 0) is 51.1 Å². The van der Waals surface area contributed by atoms with E-state index in [-0.39, 0.29) is 48.1 Å². The average molecular weight is 595 g/mol. The number of aromatic nitrogens is 1. The molecule has 12 heteroatoms. The molecule has 0 unspecified atom stereocenters. The van der Waals surface area contributed by atoms with Gasteiger partial charge in [0.25, 0.3) is 5.56 Å². The molecule has 3 aromatic rings. The molecule has 2 aromatic carbocycles. The Bertz CT molecular complexity index is 1670. The number of nitrogens with two attached hydrogens (primary N) is 1. The summed E-state index contributed by atoms with van der Waals surface area (Å²) in [6.07, 6.45) is 0.600. The van der Waals surface area contributed by atoms with Gasteiger partial charge in [-0.2, -0.15) is 0 Å². The van der Waals surface area contributed by atoms with Gasteiger partial charge < -0.3 is 15.2 Å². The van der Waals surface area contributed by atoms with Crippen molar-refractivity contribution >= 4 is 63.9 Å². The first kappa shape index (κ1) is 28.5. The fraction of sp³-hybridized carbons (Fsp3) is 0.222. The van der Waals surface area contributed by atoms with Crippen LogP contribution in [0.1, 0.15) is 37.8 Å². The molecule has 0 radical (unpaired) electrons. The molecule has 1 aliphatic heterocycles. The molecular weight excluding hydrogens is 573 g/mol. The number of ether oxygens (including phenoxy) is 2. The van der Waals surface area contributed by atoms with Crippen LogP contribution in [0.25, 0.3) is 17.5 Å². The summed E-state index contributed by atoms with van der Waals surface area (Å²) in [5, 5.41) is -0.0531. The molecule has 0 saturated heterocycles. The molecule has 0 bridgehead atoms. The van der Waals surface area contributed by atoms with Crippen molar-refractivity contribution in [2.24, 2.45) is 5.73 Å². The Labute approximate surface area is 235 Å². The van der Waals surface area contributed by atoms with E-state index >= 15 is 4.39 Å². The lowest BCUT2D eigenvalue weighted by molar-refractivity contribution is -0.140. The van der Waals surface area contributed by atoms with Gasteiger partial charge in [0.05, 0.1) is 39.3 Å². The number of carbonyl (C=O) groups is 2. The highest BCUT2D eigenvalue weighted by atomic mass is 35.5. The summed E-state index contributed by atoms with van der Waals surface area (Å²) in [7, 11) is 0. The molecule has 2 N–H and O–H groups in total. The van der Waals surface area contributed by atoms with E-state index in [1.54, 1.807) is 20.8 Å². The zero-order valence-electron chi connectivity index (χ0n) is 20.9. The van der Waals surface area contributed by atoms with E-state index in [4.69, 9.17) is 38.4 Å². The third kappa shape index (κ3) is 5.24. The molecule has 2 heterocycles. The zero-order chi connectivity index (χ0) is 28.6. The first-order valence-electron chi connectivity index (χ1n) is 11.7. The van der Waals surface area contributed by atoms with Gasteiger partial charge in [0.2, 0.25) is 0 Å². The zero-order valence-corrected chi connectivity index (χ0v) is 23.2. The Kier molecular flexibility index (Phi) is 8.29. The minimum atomic E-state index is -1.48. The second-order valence-electron chi connectivity index (χ2n) is 8.65. The molecule has 0 saturated carbocycles. The third-order valence-corrected chi connectivity index (χ3v) is 7.54. The maximum absolute atomic E-state index is 15.3. The van der Waals surface area contributed by atoms with Crippen LogP contribution in [0.5, 0.6) is 0 Å². The Hall–Kier alpha value is -3.47. The lowest BCUT2D eigenvalue weighted by Gasteiger charge is -2.28. The summed E-state index contributed by atoms with van der Waals surface area (Å²) in [4.78, 5) is 40.4. The van der Waals surface area contributed by atoms with Crippen LogP contribution in [0.4, 0.5) is 8.78 Å². The van der Waals surface area contributed by atoms with Crippen LogP contribution >= 0.6 is 34.5 Å².